The van der Waals surface area contributed by atoms with E-state index in [-0.39, 0.29) is 24.3 Å². The Labute approximate surface area is 107 Å². The molecule has 4 rings (SSSR count). The maximum Gasteiger partial charge on any atom is 0.220 e. The zero-order chi connectivity index (χ0) is 12.5. The molecule has 5 unspecified atom stereocenters. The Balaban J connectivity index is 1.73. The predicted molar refractivity (Wildman–Crippen MR) is 64.5 cm³/mol. The third-order valence-corrected chi connectivity index (χ3v) is 7.49. The lowest BCUT2D eigenvalue weighted by Crippen LogP contribution is -2.49. The van der Waals surface area contributed by atoms with Crippen molar-refractivity contribution < 1.29 is 18.3 Å². The number of nitrogens with zero attached hydrogens (tertiary/aromatic N) is 1. The molecule has 0 amide bonds. The number of sulfonamides is 1. The summed E-state index contributed by atoms with van der Waals surface area (Å²) >= 11 is 0. The zero-order valence-electron chi connectivity index (χ0n) is 10.2. The molecule has 1 saturated carbocycles. The second-order valence-electron chi connectivity index (χ2n) is 6.06. The van der Waals surface area contributed by atoms with Gasteiger partial charge >= 0.3 is 0 Å². The molecule has 1 aliphatic carbocycles. The highest BCUT2D eigenvalue weighted by Crippen LogP contribution is 2.50. The Kier molecular flexibility index (Phi) is 2.38. The lowest BCUT2D eigenvalue weighted by Gasteiger charge is -2.34. The van der Waals surface area contributed by atoms with Crippen LogP contribution >= 0.6 is 0 Å². The van der Waals surface area contributed by atoms with Crippen LogP contribution in [0.3, 0.4) is 0 Å². The van der Waals surface area contributed by atoms with Crippen LogP contribution in [0.15, 0.2) is 0 Å². The Morgan fingerprint density at radius 3 is 2.56 bits per heavy atom. The maximum atomic E-state index is 12.6. The molecule has 102 valence electrons. The van der Waals surface area contributed by atoms with E-state index in [9.17, 15) is 13.5 Å². The average molecular weight is 273 g/mol. The van der Waals surface area contributed by atoms with Crippen LogP contribution < -0.4 is 0 Å². The second kappa shape index (κ2) is 3.69. The minimum Gasteiger partial charge on any atom is -0.389 e. The van der Waals surface area contributed by atoms with Crippen LogP contribution in [0.4, 0.5) is 0 Å². The normalized spacial score (nSPS) is 51.1. The van der Waals surface area contributed by atoms with Crippen LogP contribution in [0.1, 0.15) is 38.5 Å². The highest BCUT2D eigenvalue weighted by atomic mass is 32.2. The van der Waals surface area contributed by atoms with Gasteiger partial charge in [0.2, 0.25) is 10.0 Å². The largest absolute Gasteiger partial charge is 0.389 e. The summed E-state index contributed by atoms with van der Waals surface area (Å²) in [5.41, 5.74) is 0. The molecule has 3 aliphatic heterocycles. The van der Waals surface area contributed by atoms with Crippen LogP contribution in [0.2, 0.25) is 0 Å². The average Bonchev–Trinajstić information content (AvgIpc) is 2.95. The molecule has 4 fully saturated rings. The third-order valence-electron chi connectivity index (χ3n) is 5.14. The molecule has 0 aromatic carbocycles. The third kappa shape index (κ3) is 1.30. The number of fused-ring (bicyclic) bond motifs is 1. The van der Waals surface area contributed by atoms with Gasteiger partial charge in [0.15, 0.2) is 0 Å². The van der Waals surface area contributed by atoms with Gasteiger partial charge < -0.3 is 9.84 Å². The van der Waals surface area contributed by atoms with E-state index >= 15 is 0 Å². The van der Waals surface area contributed by atoms with Crippen LogP contribution in [0.5, 0.6) is 0 Å². The second-order valence-corrected chi connectivity index (χ2v) is 8.12. The summed E-state index contributed by atoms with van der Waals surface area (Å²) in [5.74, 6) is 0. The first-order valence-corrected chi connectivity index (χ1v) is 8.47. The van der Waals surface area contributed by atoms with E-state index in [0.29, 0.717) is 6.42 Å². The molecule has 5 nitrogen and oxygen atoms in total. The summed E-state index contributed by atoms with van der Waals surface area (Å²) in [6.07, 6.45) is 4.59. The SMILES string of the molecule is O=S1(=O)C2CC3OC2C(C3O)N1C1CCCCC1. The Morgan fingerprint density at radius 1 is 1.17 bits per heavy atom. The first-order valence-electron chi connectivity index (χ1n) is 6.96. The monoisotopic (exact) mass is 273 g/mol. The number of aliphatic hydroxyl groups is 1. The molecule has 0 aromatic rings. The van der Waals surface area contributed by atoms with Gasteiger partial charge in [-0.3, -0.25) is 0 Å². The van der Waals surface area contributed by atoms with E-state index in [1.165, 1.54) is 6.42 Å². The highest BCUT2D eigenvalue weighted by molar-refractivity contribution is 7.90. The fraction of sp³-hybridized carbons (Fsp3) is 1.00. The molecular formula is C12H19NO4S. The fourth-order valence-corrected chi connectivity index (χ4v) is 6.86. The smallest absolute Gasteiger partial charge is 0.220 e. The first-order chi connectivity index (χ1) is 8.60. The number of aliphatic hydroxyl groups excluding tert-OH is 1. The van der Waals surface area contributed by atoms with Crippen molar-refractivity contribution in [3.63, 3.8) is 0 Å². The Morgan fingerprint density at radius 2 is 1.89 bits per heavy atom. The molecule has 3 saturated heterocycles. The van der Waals surface area contributed by atoms with Crippen molar-refractivity contribution in [1.82, 2.24) is 4.31 Å². The molecule has 18 heavy (non-hydrogen) atoms. The minimum atomic E-state index is -3.26. The summed E-state index contributed by atoms with van der Waals surface area (Å²) in [4.78, 5) is 0. The molecule has 0 aromatic heterocycles. The first kappa shape index (κ1) is 11.6. The molecule has 0 radical (unpaired) electrons. The van der Waals surface area contributed by atoms with Crippen molar-refractivity contribution in [2.24, 2.45) is 0 Å². The Bertz CT molecular complexity index is 459. The highest BCUT2D eigenvalue weighted by Gasteiger charge is 2.68. The Hall–Kier alpha value is -0.170. The summed E-state index contributed by atoms with van der Waals surface area (Å²) in [5, 5.41) is 9.82. The van der Waals surface area contributed by atoms with Crippen molar-refractivity contribution in [2.45, 2.75) is 74.2 Å². The van der Waals surface area contributed by atoms with Gasteiger partial charge in [-0.2, -0.15) is 4.31 Å². The predicted octanol–water partition coefficient (Wildman–Crippen LogP) is 0.234. The van der Waals surface area contributed by atoms with E-state index < -0.39 is 21.4 Å². The van der Waals surface area contributed by atoms with Crippen LogP contribution in [-0.2, 0) is 14.8 Å². The van der Waals surface area contributed by atoms with Crippen LogP contribution in [-0.4, -0.2) is 53.5 Å². The quantitative estimate of drug-likeness (QED) is 0.743. The molecule has 4 aliphatic rings. The van der Waals surface area contributed by atoms with Gasteiger partial charge in [0, 0.05) is 6.04 Å². The molecule has 5 atom stereocenters. The molecule has 6 heteroatoms. The summed E-state index contributed by atoms with van der Waals surface area (Å²) in [7, 11) is -3.26. The number of ether oxygens (including phenoxy) is 1. The van der Waals surface area contributed by atoms with E-state index in [1.54, 1.807) is 4.31 Å². The van der Waals surface area contributed by atoms with Gasteiger partial charge in [0.25, 0.3) is 0 Å². The van der Waals surface area contributed by atoms with Gasteiger partial charge in [0.1, 0.15) is 5.25 Å². The van der Waals surface area contributed by atoms with Gasteiger partial charge in [-0.15, -0.1) is 0 Å². The molecule has 2 bridgehead atoms. The zero-order valence-corrected chi connectivity index (χ0v) is 11.1. The van der Waals surface area contributed by atoms with E-state index in [0.717, 1.165) is 25.7 Å². The van der Waals surface area contributed by atoms with Crippen molar-refractivity contribution in [1.29, 1.82) is 0 Å². The summed E-state index contributed by atoms with van der Waals surface area (Å²) < 4.78 is 32.5. The van der Waals surface area contributed by atoms with Crippen molar-refractivity contribution >= 4 is 10.0 Å². The minimum absolute atomic E-state index is 0.0938. The number of rotatable bonds is 1. The molecular weight excluding hydrogens is 254 g/mol. The molecule has 1 N–H and O–H groups in total. The van der Waals surface area contributed by atoms with Crippen LogP contribution in [0.25, 0.3) is 0 Å². The van der Waals surface area contributed by atoms with E-state index in [2.05, 4.69) is 0 Å². The molecule has 3 heterocycles. The summed E-state index contributed by atoms with van der Waals surface area (Å²) in [6.45, 7) is 0. The lowest BCUT2D eigenvalue weighted by atomic mass is 9.89. The summed E-state index contributed by atoms with van der Waals surface area (Å²) in [6, 6.07) is -0.210. The maximum absolute atomic E-state index is 12.6. The standard InChI is InChI=1S/C12H19NO4S/c14-11-8-6-9-12(17-8)10(11)13(18(9,15)16)7-4-2-1-3-5-7/h7-12,14H,1-6H2. The number of hydrogen-bond donors (Lipinski definition) is 1. The van der Waals surface area contributed by atoms with Crippen molar-refractivity contribution in [2.75, 3.05) is 0 Å². The van der Waals surface area contributed by atoms with Gasteiger partial charge in [-0.1, -0.05) is 19.3 Å². The van der Waals surface area contributed by atoms with Crippen molar-refractivity contribution in [3.05, 3.63) is 0 Å². The molecule has 0 spiro atoms. The van der Waals surface area contributed by atoms with Gasteiger partial charge in [-0.05, 0) is 19.3 Å². The van der Waals surface area contributed by atoms with Crippen molar-refractivity contribution in [3.8, 4) is 0 Å². The topological polar surface area (TPSA) is 66.8 Å². The lowest BCUT2D eigenvalue weighted by molar-refractivity contribution is 0.0468. The van der Waals surface area contributed by atoms with E-state index in [1.807, 2.05) is 0 Å². The fourth-order valence-electron chi connectivity index (χ4n) is 4.34. The van der Waals surface area contributed by atoms with E-state index in [4.69, 9.17) is 4.74 Å². The van der Waals surface area contributed by atoms with Crippen LogP contribution in [0, 0.1) is 0 Å². The van der Waals surface area contributed by atoms with Gasteiger partial charge in [-0.25, -0.2) is 8.42 Å². The number of hydrogen-bond acceptors (Lipinski definition) is 4. The van der Waals surface area contributed by atoms with Gasteiger partial charge in [0.05, 0.1) is 24.4 Å².